The lowest BCUT2D eigenvalue weighted by Crippen LogP contribution is -2.57. The van der Waals surface area contributed by atoms with Gasteiger partial charge in [-0.1, -0.05) is 30.3 Å². The monoisotopic (exact) mass is 220 g/mol. The highest BCUT2D eigenvalue weighted by atomic mass is 16.5. The van der Waals surface area contributed by atoms with Gasteiger partial charge in [-0.25, -0.2) is 0 Å². The SMILES string of the molecule is CC(N)(C(=O)NC1COC1)c1ccccc1. The summed E-state index contributed by atoms with van der Waals surface area (Å²) in [4.78, 5) is 12.0. The van der Waals surface area contributed by atoms with Crippen molar-refractivity contribution in [3.05, 3.63) is 35.9 Å². The van der Waals surface area contributed by atoms with Crippen LogP contribution in [0.15, 0.2) is 30.3 Å². The number of hydrogen-bond acceptors (Lipinski definition) is 3. The Bertz CT molecular complexity index is 372. The molecular formula is C12H16N2O2. The minimum absolute atomic E-state index is 0.110. The van der Waals surface area contributed by atoms with Gasteiger partial charge in [-0.05, 0) is 12.5 Å². The summed E-state index contributed by atoms with van der Waals surface area (Å²) in [7, 11) is 0. The maximum Gasteiger partial charge on any atom is 0.244 e. The Morgan fingerprint density at radius 3 is 2.56 bits per heavy atom. The first-order valence-corrected chi connectivity index (χ1v) is 5.34. The molecular weight excluding hydrogens is 204 g/mol. The number of hydrogen-bond donors (Lipinski definition) is 2. The third-order valence-electron chi connectivity index (χ3n) is 2.82. The highest BCUT2D eigenvalue weighted by Gasteiger charge is 2.33. The highest BCUT2D eigenvalue weighted by Crippen LogP contribution is 2.18. The Morgan fingerprint density at radius 1 is 1.44 bits per heavy atom. The van der Waals surface area contributed by atoms with Gasteiger partial charge in [0.05, 0.1) is 19.3 Å². The zero-order chi connectivity index (χ0) is 11.6. The lowest BCUT2D eigenvalue weighted by atomic mass is 9.92. The minimum Gasteiger partial charge on any atom is -0.377 e. The molecule has 0 aliphatic carbocycles. The molecule has 1 fully saturated rings. The first-order chi connectivity index (χ1) is 7.60. The zero-order valence-electron chi connectivity index (χ0n) is 9.27. The van der Waals surface area contributed by atoms with E-state index in [1.54, 1.807) is 6.92 Å². The van der Waals surface area contributed by atoms with Crippen molar-refractivity contribution in [2.75, 3.05) is 13.2 Å². The van der Waals surface area contributed by atoms with Crippen LogP contribution in [0.1, 0.15) is 12.5 Å². The Labute approximate surface area is 94.8 Å². The van der Waals surface area contributed by atoms with Crippen LogP contribution >= 0.6 is 0 Å². The quantitative estimate of drug-likeness (QED) is 0.773. The molecule has 1 saturated heterocycles. The fourth-order valence-corrected chi connectivity index (χ4v) is 1.57. The van der Waals surface area contributed by atoms with Crippen LogP contribution < -0.4 is 11.1 Å². The van der Waals surface area contributed by atoms with Crippen molar-refractivity contribution >= 4 is 5.91 Å². The van der Waals surface area contributed by atoms with E-state index in [-0.39, 0.29) is 11.9 Å². The molecule has 1 aliphatic rings. The van der Waals surface area contributed by atoms with E-state index < -0.39 is 5.54 Å². The summed E-state index contributed by atoms with van der Waals surface area (Å²) < 4.78 is 5.00. The van der Waals surface area contributed by atoms with Crippen LogP contribution in [0.4, 0.5) is 0 Å². The van der Waals surface area contributed by atoms with Gasteiger partial charge in [0.1, 0.15) is 5.54 Å². The normalized spacial score (nSPS) is 19.6. The fourth-order valence-electron chi connectivity index (χ4n) is 1.57. The third-order valence-corrected chi connectivity index (χ3v) is 2.82. The molecule has 1 unspecified atom stereocenters. The first-order valence-electron chi connectivity index (χ1n) is 5.34. The van der Waals surface area contributed by atoms with E-state index in [4.69, 9.17) is 10.5 Å². The van der Waals surface area contributed by atoms with Gasteiger partial charge in [0.15, 0.2) is 0 Å². The molecule has 3 N–H and O–H groups in total. The molecule has 86 valence electrons. The summed E-state index contributed by atoms with van der Waals surface area (Å²) in [5.74, 6) is -0.160. The van der Waals surface area contributed by atoms with E-state index in [9.17, 15) is 4.79 Å². The molecule has 1 atom stereocenters. The van der Waals surface area contributed by atoms with Crippen LogP contribution in [0, 0.1) is 0 Å². The molecule has 0 radical (unpaired) electrons. The number of carbonyl (C=O) groups is 1. The maximum atomic E-state index is 12.0. The van der Waals surface area contributed by atoms with E-state index in [1.165, 1.54) is 0 Å². The van der Waals surface area contributed by atoms with Gasteiger partial charge in [0, 0.05) is 0 Å². The number of rotatable bonds is 3. The minimum atomic E-state index is -0.989. The number of amides is 1. The fraction of sp³-hybridized carbons (Fsp3) is 0.417. The average Bonchev–Trinajstić information content (AvgIpc) is 2.24. The molecule has 0 saturated carbocycles. The number of benzene rings is 1. The number of nitrogens with one attached hydrogen (secondary N) is 1. The standard InChI is InChI=1S/C12H16N2O2/c1-12(13,9-5-3-2-4-6-9)11(15)14-10-7-16-8-10/h2-6,10H,7-8,13H2,1H3,(H,14,15). The lowest BCUT2D eigenvalue weighted by molar-refractivity contribution is -0.130. The van der Waals surface area contributed by atoms with Crippen LogP contribution in [0.2, 0.25) is 0 Å². The predicted octanol–water partition coefficient (Wildman–Crippen LogP) is 0.376. The number of carbonyl (C=O) groups excluding carboxylic acids is 1. The van der Waals surface area contributed by atoms with Crippen LogP contribution in [0.25, 0.3) is 0 Å². The topological polar surface area (TPSA) is 64.4 Å². The van der Waals surface area contributed by atoms with Crippen molar-refractivity contribution in [2.24, 2.45) is 5.73 Å². The van der Waals surface area contributed by atoms with Gasteiger partial charge in [0.2, 0.25) is 5.91 Å². The van der Waals surface area contributed by atoms with Gasteiger partial charge in [0.25, 0.3) is 0 Å². The molecule has 1 amide bonds. The van der Waals surface area contributed by atoms with Gasteiger partial charge in [-0.2, -0.15) is 0 Å². The molecule has 0 aromatic heterocycles. The molecule has 1 aromatic carbocycles. The smallest absolute Gasteiger partial charge is 0.244 e. The number of ether oxygens (including phenoxy) is 1. The predicted molar refractivity (Wildman–Crippen MR) is 60.7 cm³/mol. The molecule has 1 aromatic rings. The van der Waals surface area contributed by atoms with E-state index in [1.807, 2.05) is 30.3 Å². The molecule has 0 bridgehead atoms. The first kappa shape index (κ1) is 11.1. The van der Waals surface area contributed by atoms with Crippen molar-refractivity contribution in [2.45, 2.75) is 18.5 Å². The molecule has 4 nitrogen and oxygen atoms in total. The van der Waals surface area contributed by atoms with Crippen molar-refractivity contribution in [1.29, 1.82) is 0 Å². The Hall–Kier alpha value is -1.39. The van der Waals surface area contributed by atoms with Crippen molar-refractivity contribution in [3.8, 4) is 0 Å². The second-order valence-electron chi connectivity index (χ2n) is 4.28. The maximum absolute atomic E-state index is 12.0. The Morgan fingerprint density at radius 2 is 2.06 bits per heavy atom. The van der Waals surface area contributed by atoms with Crippen LogP contribution in [-0.2, 0) is 15.1 Å². The summed E-state index contributed by atoms with van der Waals surface area (Å²) in [5.41, 5.74) is 5.88. The largest absolute Gasteiger partial charge is 0.377 e. The van der Waals surface area contributed by atoms with Crippen LogP contribution in [0.5, 0.6) is 0 Å². The Balaban J connectivity index is 2.08. The molecule has 4 heteroatoms. The molecule has 1 heterocycles. The second-order valence-corrected chi connectivity index (χ2v) is 4.28. The van der Waals surface area contributed by atoms with Gasteiger partial charge in [-0.3, -0.25) is 4.79 Å². The van der Waals surface area contributed by atoms with Crippen molar-refractivity contribution in [3.63, 3.8) is 0 Å². The van der Waals surface area contributed by atoms with E-state index in [0.717, 1.165) is 5.56 Å². The van der Waals surface area contributed by atoms with Crippen LogP contribution in [-0.4, -0.2) is 25.2 Å². The average molecular weight is 220 g/mol. The molecule has 16 heavy (non-hydrogen) atoms. The summed E-state index contributed by atoms with van der Waals surface area (Å²) in [6.45, 7) is 2.88. The van der Waals surface area contributed by atoms with E-state index in [0.29, 0.717) is 13.2 Å². The van der Waals surface area contributed by atoms with Gasteiger partial charge >= 0.3 is 0 Å². The lowest BCUT2D eigenvalue weighted by Gasteiger charge is -2.31. The van der Waals surface area contributed by atoms with Crippen molar-refractivity contribution < 1.29 is 9.53 Å². The van der Waals surface area contributed by atoms with E-state index >= 15 is 0 Å². The highest BCUT2D eigenvalue weighted by molar-refractivity contribution is 5.87. The third kappa shape index (κ3) is 2.08. The summed E-state index contributed by atoms with van der Waals surface area (Å²) in [6.07, 6.45) is 0. The Kier molecular flexibility index (Phi) is 2.94. The van der Waals surface area contributed by atoms with Gasteiger partial charge < -0.3 is 15.8 Å². The van der Waals surface area contributed by atoms with Crippen molar-refractivity contribution in [1.82, 2.24) is 5.32 Å². The van der Waals surface area contributed by atoms with E-state index in [2.05, 4.69) is 5.32 Å². The molecule has 1 aliphatic heterocycles. The molecule has 2 rings (SSSR count). The zero-order valence-corrected chi connectivity index (χ0v) is 9.27. The van der Waals surface area contributed by atoms with Gasteiger partial charge in [-0.15, -0.1) is 0 Å². The summed E-state index contributed by atoms with van der Waals surface area (Å²) in [6, 6.07) is 9.48. The summed E-state index contributed by atoms with van der Waals surface area (Å²) >= 11 is 0. The molecule has 0 spiro atoms. The van der Waals surface area contributed by atoms with Crippen LogP contribution in [0.3, 0.4) is 0 Å². The second kappa shape index (κ2) is 4.23. The number of nitrogens with two attached hydrogens (primary N) is 1. The summed E-state index contributed by atoms with van der Waals surface area (Å²) in [5, 5.41) is 2.87.